The maximum atomic E-state index is 5.91. The first kappa shape index (κ1) is 8.08. The lowest BCUT2D eigenvalue weighted by molar-refractivity contribution is 0.779. The van der Waals surface area contributed by atoms with Gasteiger partial charge in [0.15, 0.2) is 0 Å². The maximum Gasteiger partial charge on any atom is 0.0935 e. The lowest BCUT2D eigenvalue weighted by Crippen LogP contribution is -1.84. The topological polar surface area (TPSA) is 17.8 Å². The van der Waals surface area contributed by atoms with Gasteiger partial charge in [0.05, 0.1) is 10.5 Å². The number of fused-ring (bicyclic) bond motifs is 1. The predicted octanol–water partition coefficient (Wildman–Crippen LogP) is 2.99. The molecule has 62 valence electrons. The first-order valence-corrected chi connectivity index (χ1v) is 4.63. The molecule has 1 aromatic heterocycles. The predicted molar refractivity (Wildman–Crippen MR) is 53.4 cm³/mol. The SMILES string of the molecule is Cn1cc2c(Br)c(Cl)ccc2n1. The second-order valence-corrected chi connectivity index (χ2v) is 3.80. The van der Waals surface area contributed by atoms with Crippen LogP contribution >= 0.6 is 27.5 Å². The molecule has 0 saturated carbocycles. The zero-order valence-corrected chi connectivity index (χ0v) is 8.72. The minimum absolute atomic E-state index is 0.718. The zero-order chi connectivity index (χ0) is 8.72. The number of hydrogen-bond donors (Lipinski definition) is 0. The van der Waals surface area contributed by atoms with E-state index in [9.17, 15) is 0 Å². The van der Waals surface area contributed by atoms with Gasteiger partial charge in [0.1, 0.15) is 0 Å². The summed E-state index contributed by atoms with van der Waals surface area (Å²) in [6, 6.07) is 3.74. The van der Waals surface area contributed by atoms with Gasteiger partial charge in [0.25, 0.3) is 0 Å². The Bertz CT molecular complexity index is 436. The molecule has 0 unspecified atom stereocenters. The van der Waals surface area contributed by atoms with E-state index in [4.69, 9.17) is 11.6 Å². The van der Waals surface area contributed by atoms with Crippen LogP contribution in [-0.2, 0) is 7.05 Å². The lowest BCUT2D eigenvalue weighted by Gasteiger charge is -1.94. The van der Waals surface area contributed by atoms with E-state index in [0.29, 0.717) is 0 Å². The van der Waals surface area contributed by atoms with Crippen LogP contribution in [0.1, 0.15) is 0 Å². The van der Waals surface area contributed by atoms with Crippen LogP contribution in [0.25, 0.3) is 10.9 Å². The number of aryl methyl sites for hydroxylation is 1. The molecule has 12 heavy (non-hydrogen) atoms. The van der Waals surface area contributed by atoms with Gasteiger partial charge in [-0.2, -0.15) is 5.10 Å². The van der Waals surface area contributed by atoms with E-state index >= 15 is 0 Å². The molecule has 4 heteroatoms. The molecule has 1 aromatic carbocycles. The van der Waals surface area contributed by atoms with Crippen molar-refractivity contribution in [3.63, 3.8) is 0 Å². The molecule has 0 fully saturated rings. The fraction of sp³-hybridized carbons (Fsp3) is 0.125. The van der Waals surface area contributed by atoms with Crippen LogP contribution in [0.4, 0.5) is 0 Å². The number of nitrogens with zero attached hydrogens (tertiary/aromatic N) is 2. The maximum absolute atomic E-state index is 5.91. The standard InChI is InChI=1S/C8H6BrClN2/c1-12-4-5-7(11-12)3-2-6(10)8(5)9/h2-4H,1H3. The Labute approximate surface area is 83.3 Å². The normalized spacial score (nSPS) is 10.9. The number of hydrogen-bond acceptors (Lipinski definition) is 1. The Balaban J connectivity index is 2.89. The van der Waals surface area contributed by atoms with Gasteiger partial charge in [-0.3, -0.25) is 4.68 Å². The van der Waals surface area contributed by atoms with Crippen LogP contribution in [0.5, 0.6) is 0 Å². The van der Waals surface area contributed by atoms with Crippen LogP contribution in [0.3, 0.4) is 0 Å². The smallest absolute Gasteiger partial charge is 0.0935 e. The Kier molecular flexibility index (Phi) is 1.85. The molecule has 0 saturated heterocycles. The molecule has 2 nitrogen and oxygen atoms in total. The third-order valence-corrected chi connectivity index (χ3v) is 3.09. The van der Waals surface area contributed by atoms with E-state index in [0.717, 1.165) is 20.4 Å². The number of benzene rings is 1. The van der Waals surface area contributed by atoms with Gasteiger partial charge in [0, 0.05) is 23.1 Å². The third-order valence-electron chi connectivity index (χ3n) is 1.69. The number of aromatic nitrogens is 2. The van der Waals surface area contributed by atoms with Crippen molar-refractivity contribution in [1.29, 1.82) is 0 Å². The summed E-state index contributed by atoms with van der Waals surface area (Å²) in [6.45, 7) is 0. The number of halogens is 2. The van der Waals surface area contributed by atoms with E-state index in [1.54, 1.807) is 4.68 Å². The average Bonchev–Trinajstić information content (AvgIpc) is 2.39. The van der Waals surface area contributed by atoms with Crippen LogP contribution < -0.4 is 0 Å². The summed E-state index contributed by atoms with van der Waals surface area (Å²) < 4.78 is 2.68. The van der Waals surface area contributed by atoms with Crippen molar-refractivity contribution < 1.29 is 0 Å². The summed E-state index contributed by atoms with van der Waals surface area (Å²) in [4.78, 5) is 0. The Morgan fingerprint density at radius 2 is 2.25 bits per heavy atom. The second kappa shape index (κ2) is 2.75. The first-order chi connectivity index (χ1) is 5.68. The second-order valence-electron chi connectivity index (χ2n) is 2.60. The highest BCUT2D eigenvalue weighted by Crippen LogP contribution is 2.29. The van der Waals surface area contributed by atoms with E-state index in [-0.39, 0.29) is 0 Å². The van der Waals surface area contributed by atoms with Gasteiger partial charge in [0.2, 0.25) is 0 Å². The molecule has 0 amide bonds. The molecular formula is C8H6BrClN2. The van der Waals surface area contributed by atoms with E-state index < -0.39 is 0 Å². The van der Waals surface area contributed by atoms with Gasteiger partial charge in [-0.05, 0) is 28.1 Å². The summed E-state index contributed by atoms with van der Waals surface area (Å²) in [6.07, 6.45) is 1.94. The summed E-state index contributed by atoms with van der Waals surface area (Å²) >= 11 is 9.32. The molecule has 0 bridgehead atoms. The molecule has 0 atom stereocenters. The van der Waals surface area contributed by atoms with E-state index in [1.165, 1.54) is 0 Å². The molecule has 0 aliphatic rings. The molecular weight excluding hydrogens is 239 g/mol. The summed E-state index contributed by atoms with van der Waals surface area (Å²) in [5.41, 5.74) is 0.953. The molecule has 0 aliphatic carbocycles. The minimum Gasteiger partial charge on any atom is -0.275 e. The van der Waals surface area contributed by atoms with Crippen molar-refractivity contribution in [3.8, 4) is 0 Å². The van der Waals surface area contributed by atoms with Crippen molar-refractivity contribution in [2.75, 3.05) is 0 Å². The summed E-state index contributed by atoms with van der Waals surface area (Å²) in [5, 5.41) is 6.01. The highest BCUT2D eigenvalue weighted by molar-refractivity contribution is 9.10. The third kappa shape index (κ3) is 1.13. The highest BCUT2D eigenvalue weighted by Gasteiger charge is 2.05. The van der Waals surface area contributed by atoms with Crippen molar-refractivity contribution in [3.05, 3.63) is 27.8 Å². The van der Waals surface area contributed by atoms with Crippen molar-refractivity contribution >= 4 is 38.4 Å². The lowest BCUT2D eigenvalue weighted by atomic mass is 10.3. The van der Waals surface area contributed by atoms with Crippen LogP contribution in [0.15, 0.2) is 22.8 Å². The zero-order valence-electron chi connectivity index (χ0n) is 6.38. The Morgan fingerprint density at radius 3 is 3.00 bits per heavy atom. The quantitative estimate of drug-likeness (QED) is 0.698. The molecule has 0 radical (unpaired) electrons. The van der Waals surface area contributed by atoms with Crippen molar-refractivity contribution in [1.82, 2.24) is 9.78 Å². The minimum atomic E-state index is 0.718. The van der Waals surface area contributed by atoms with Crippen molar-refractivity contribution in [2.24, 2.45) is 7.05 Å². The van der Waals surface area contributed by atoms with E-state index in [1.807, 2.05) is 25.4 Å². The fourth-order valence-electron chi connectivity index (χ4n) is 1.15. The van der Waals surface area contributed by atoms with Gasteiger partial charge < -0.3 is 0 Å². The Morgan fingerprint density at radius 1 is 1.50 bits per heavy atom. The first-order valence-electron chi connectivity index (χ1n) is 3.46. The largest absolute Gasteiger partial charge is 0.275 e. The molecule has 2 aromatic rings. The Hall–Kier alpha value is -0.540. The fourth-order valence-corrected chi connectivity index (χ4v) is 1.75. The molecule has 2 rings (SSSR count). The van der Waals surface area contributed by atoms with Gasteiger partial charge in [-0.25, -0.2) is 0 Å². The van der Waals surface area contributed by atoms with Gasteiger partial charge in [-0.1, -0.05) is 11.6 Å². The summed E-state index contributed by atoms with van der Waals surface area (Å²) in [5.74, 6) is 0. The molecule has 0 spiro atoms. The monoisotopic (exact) mass is 244 g/mol. The van der Waals surface area contributed by atoms with Crippen LogP contribution in [0, 0.1) is 0 Å². The van der Waals surface area contributed by atoms with Gasteiger partial charge >= 0.3 is 0 Å². The van der Waals surface area contributed by atoms with E-state index in [2.05, 4.69) is 21.0 Å². The molecule has 0 N–H and O–H groups in total. The van der Waals surface area contributed by atoms with Crippen molar-refractivity contribution in [2.45, 2.75) is 0 Å². The van der Waals surface area contributed by atoms with Gasteiger partial charge in [-0.15, -0.1) is 0 Å². The average molecular weight is 246 g/mol. The highest BCUT2D eigenvalue weighted by atomic mass is 79.9. The summed E-state index contributed by atoms with van der Waals surface area (Å²) in [7, 11) is 1.89. The molecule has 1 heterocycles. The van der Waals surface area contributed by atoms with Crippen LogP contribution in [0.2, 0.25) is 5.02 Å². The van der Waals surface area contributed by atoms with Crippen LogP contribution in [-0.4, -0.2) is 9.78 Å². The molecule has 0 aliphatic heterocycles. The number of rotatable bonds is 0.